The summed E-state index contributed by atoms with van der Waals surface area (Å²) in [5, 5.41) is 0. The lowest BCUT2D eigenvalue weighted by Gasteiger charge is -1.88. The summed E-state index contributed by atoms with van der Waals surface area (Å²) in [6, 6.07) is 11.1. The van der Waals surface area contributed by atoms with Crippen LogP contribution in [-0.2, 0) is 0 Å². The van der Waals surface area contributed by atoms with Gasteiger partial charge in [-0.15, -0.1) is 0 Å². The molecule has 0 aliphatic rings. The molecule has 0 unspecified atom stereocenters. The Balaban J connectivity index is 2.47. The van der Waals surface area contributed by atoms with E-state index in [1.807, 2.05) is 31.2 Å². The fraction of sp³-hybridized carbons (Fsp3) is 0.167. The molecule has 0 heteroatoms. The number of rotatable bonds is 3. The molecule has 1 radical (unpaired) electrons. The Morgan fingerprint density at radius 3 is 2.92 bits per heavy atom. The van der Waals surface area contributed by atoms with E-state index in [1.54, 1.807) is 0 Å². The standard InChI is InChI=1S/C12H13/c1-2-3-4-6-9-12-10-7-5-8-11-12/h2-3,5-10H,4H2,1H3. The molecule has 0 saturated carbocycles. The van der Waals surface area contributed by atoms with E-state index in [0.717, 1.165) is 12.0 Å². The van der Waals surface area contributed by atoms with E-state index in [4.69, 9.17) is 0 Å². The van der Waals surface area contributed by atoms with Gasteiger partial charge in [0.15, 0.2) is 0 Å². The second-order valence-corrected chi connectivity index (χ2v) is 2.53. The fourth-order valence-corrected chi connectivity index (χ4v) is 0.921. The predicted molar refractivity (Wildman–Crippen MR) is 53.7 cm³/mol. The van der Waals surface area contributed by atoms with Gasteiger partial charge in [-0.05, 0) is 25.0 Å². The summed E-state index contributed by atoms with van der Waals surface area (Å²) >= 11 is 0. The maximum absolute atomic E-state index is 3.13. The lowest BCUT2D eigenvalue weighted by molar-refractivity contribution is 1.39. The third kappa shape index (κ3) is 3.20. The highest BCUT2D eigenvalue weighted by atomic mass is 13.9. The summed E-state index contributed by atoms with van der Waals surface area (Å²) in [5.74, 6) is 0. The van der Waals surface area contributed by atoms with Crippen LogP contribution < -0.4 is 0 Å². The molecule has 0 N–H and O–H groups in total. The summed E-state index contributed by atoms with van der Waals surface area (Å²) in [6.07, 6.45) is 9.39. The second-order valence-electron chi connectivity index (χ2n) is 2.53. The smallest absolute Gasteiger partial charge is 0.0106 e. The third-order valence-electron chi connectivity index (χ3n) is 1.54. The molecule has 1 rings (SSSR count). The molecular formula is C12H13. The van der Waals surface area contributed by atoms with Crippen LogP contribution in [0.2, 0.25) is 0 Å². The SMILES string of the molecule is CC=CCC=Cc1[c]cccc1. The minimum absolute atomic E-state index is 0.999. The van der Waals surface area contributed by atoms with E-state index < -0.39 is 0 Å². The van der Waals surface area contributed by atoms with Gasteiger partial charge in [0.25, 0.3) is 0 Å². The topological polar surface area (TPSA) is 0 Å². The van der Waals surface area contributed by atoms with Crippen molar-refractivity contribution in [1.82, 2.24) is 0 Å². The first-order chi connectivity index (χ1) is 5.93. The highest BCUT2D eigenvalue weighted by Crippen LogP contribution is 2.00. The van der Waals surface area contributed by atoms with Gasteiger partial charge in [0.05, 0.1) is 0 Å². The van der Waals surface area contributed by atoms with Crippen molar-refractivity contribution >= 4 is 6.08 Å². The van der Waals surface area contributed by atoms with Crippen LogP contribution in [0.4, 0.5) is 0 Å². The van der Waals surface area contributed by atoms with Gasteiger partial charge in [-0.1, -0.05) is 48.6 Å². The minimum atomic E-state index is 0.999. The Kier molecular flexibility index (Phi) is 3.93. The highest BCUT2D eigenvalue weighted by molar-refractivity contribution is 5.48. The summed E-state index contributed by atoms with van der Waals surface area (Å²) < 4.78 is 0. The molecule has 0 atom stereocenters. The Hall–Kier alpha value is -1.30. The van der Waals surface area contributed by atoms with Gasteiger partial charge in [-0.3, -0.25) is 0 Å². The van der Waals surface area contributed by atoms with Crippen LogP contribution in [0.15, 0.2) is 42.5 Å². The van der Waals surface area contributed by atoms with E-state index in [9.17, 15) is 0 Å². The average molecular weight is 157 g/mol. The van der Waals surface area contributed by atoms with Gasteiger partial charge in [-0.25, -0.2) is 0 Å². The van der Waals surface area contributed by atoms with Crippen LogP contribution in [-0.4, -0.2) is 0 Å². The fourth-order valence-electron chi connectivity index (χ4n) is 0.921. The van der Waals surface area contributed by atoms with Crippen molar-refractivity contribution in [3.63, 3.8) is 0 Å². The van der Waals surface area contributed by atoms with E-state index in [2.05, 4.69) is 30.4 Å². The monoisotopic (exact) mass is 157 g/mol. The number of benzene rings is 1. The zero-order valence-corrected chi connectivity index (χ0v) is 7.33. The van der Waals surface area contributed by atoms with Crippen molar-refractivity contribution < 1.29 is 0 Å². The largest absolute Gasteiger partial charge is 0.0914 e. The van der Waals surface area contributed by atoms with E-state index in [0.29, 0.717) is 0 Å². The van der Waals surface area contributed by atoms with Crippen molar-refractivity contribution in [1.29, 1.82) is 0 Å². The first kappa shape index (κ1) is 8.79. The first-order valence-corrected chi connectivity index (χ1v) is 4.18. The number of hydrogen-bond acceptors (Lipinski definition) is 0. The Morgan fingerprint density at radius 1 is 1.33 bits per heavy atom. The van der Waals surface area contributed by atoms with Gasteiger partial charge in [0.1, 0.15) is 0 Å². The molecule has 61 valence electrons. The van der Waals surface area contributed by atoms with E-state index in [-0.39, 0.29) is 0 Å². The molecule has 0 aromatic heterocycles. The minimum Gasteiger partial charge on any atom is -0.0914 e. The number of allylic oxidation sites excluding steroid dienone is 3. The lowest BCUT2D eigenvalue weighted by atomic mass is 10.2. The van der Waals surface area contributed by atoms with Crippen LogP contribution in [0.5, 0.6) is 0 Å². The molecule has 0 saturated heterocycles. The van der Waals surface area contributed by atoms with E-state index in [1.165, 1.54) is 0 Å². The zero-order chi connectivity index (χ0) is 8.65. The van der Waals surface area contributed by atoms with Crippen molar-refractivity contribution in [2.45, 2.75) is 13.3 Å². The maximum Gasteiger partial charge on any atom is -0.0106 e. The molecule has 0 heterocycles. The highest BCUT2D eigenvalue weighted by Gasteiger charge is 1.80. The Morgan fingerprint density at radius 2 is 2.25 bits per heavy atom. The van der Waals surface area contributed by atoms with Crippen molar-refractivity contribution in [2.75, 3.05) is 0 Å². The molecule has 0 spiro atoms. The maximum atomic E-state index is 3.13. The molecule has 0 amide bonds. The molecule has 1 aromatic rings. The van der Waals surface area contributed by atoms with Crippen LogP contribution >= 0.6 is 0 Å². The first-order valence-electron chi connectivity index (χ1n) is 4.18. The van der Waals surface area contributed by atoms with Crippen molar-refractivity contribution in [3.05, 3.63) is 54.1 Å². The van der Waals surface area contributed by atoms with Crippen molar-refractivity contribution in [2.24, 2.45) is 0 Å². The lowest BCUT2D eigenvalue weighted by Crippen LogP contribution is -1.68. The summed E-state index contributed by atoms with van der Waals surface area (Å²) in [4.78, 5) is 0. The van der Waals surface area contributed by atoms with Crippen LogP contribution in [0.3, 0.4) is 0 Å². The predicted octanol–water partition coefficient (Wildman–Crippen LogP) is 3.47. The molecule has 12 heavy (non-hydrogen) atoms. The second kappa shape index (κ2) is 5.36. The molecular weight excluding hydrogens is 144 g/mol. The van der Waals surface area contributed by atoms with Gasteiger partial charge in [-0.2, -0.15) is 0 Å². The van der Waals surface area contributed by atoms with E-state index >= 15 is 0 Å². The number of hydrogen-bond donors (Lipinski definition) is 0. The molecule has 1 aromatic carbocycles. The molecule has 0 nitrogen and oxygen atoms in total. The summed E-state index contributed by atoms with van der Waals surface area (Å²) in [7, 11) is 0. The van der Waals surface area contributed by atoms with Gasteiger partial charge < -0.3 is 0 Å². The third-order valence-corrected chi connectivity index (χ3v) is 1.54. The zero-order valence-electron chi connectivity index (χ0n) is 7.33. The normalized spacial score (nSPS) is 11.4. The Bertz CT molecular complexity index is 255. The van der Waals surface area contributed by atoms with Gasteiger partial charge >= 0.3 is 0 Å². The molecule has 0 aliphatic heterocycles. The summed E-state index contributed by atoms with van der Waals surface area (Å²) in [6.45, 7) is 2.03. The van der Waals surface area contributed by atoms with Crippen LogP contribution in [0.1, 0.15) is 18.9 Å². The van der Waals surface area contributed by atoms with Crippen molar-refractivity contribution in [3.8, 4) is 0 Å². The average Bonchev–Trinajstić information content (AvgIpc) is 2.14. The van der Waals surface area contributed by atoms with Gasteiger partial charge in [0, 0.05) is 0 Å². The Labute approximate surface area is 74.2 Å². The molecule has 0 fully saturated rings. The van der Waals surface area contributed by atoms with Crippen LogP contribution in [0.25, 0.3) is 6.08 Å². The quantitative estimate of drug-likeness (QED) is 0.589. The summed E-state index contributed by atoms with van der Waals surface area (Å²) in [5.41, 5.74) is 1.14. The van der Waals surface area contributed by atoms with Crippen LogP contribution in [0, 0.1) is 6.07 Å². The van der Waals surface area contributed by atoms with Gasteiger partial charge in [0.2, 0.25) is 0 Å². The molecule has 0 aliphatic carbocycles. The molecule has 0 bridgehead atoms.